The Morgan fingerprint density at radius 3 is 1.70 bits per heavy atom. The molecule has 22 nitrogen and oxygen atoms in total. The van der Waals surface area contributed by atoms with Gasteiger partial charge in [-0.05, 0) is 54.7 Å². The standard InChI is InChI=1S/C38H63N11O11/c1-19(2)14-26(35(58)46-25(8-7-13-42-38(40)41)33(56)44-17-29(53)54)45-28(52)16-43-34(57)27(15-22-9-11-23(51)12-10-22)47-36(59)30(20(3)4)49-37(60)31(21(5)6)48-32(55)24(39)18-50/h9-12,19-21,24-27,30-31,50-51H,7-8,13-18,39H2,1-6H3,(H,43,57)(H,44,56)(H,45,52)(H,46,58)(H,47,59)(H,48,55)(H,49,60)(H,53,54)(H4,40,41,42)/t24-,25-,26-,27-,30-,31-/m0/s1. The zero-order chi connectivity index (χ0) is 45.7. The molecule has 0 saturated heterocycles. The highest BCUT2D eigenvalue weighted by Gasteiger charge is 2.34. The Morgan fingerprint density at radius 2 is 1.18 bits per heavy atom. The highest BCUT2D eigenvalue weighted by molar-refractivity contribution is 5.97. The molecular formula is C38H63N11O11. The van der Waals surface area contributed by atoms with Gasteiger partial charge in [0, 0.05) is 13.0 Å². The van der Waals surface area contributed by atoms with Gasteiger partial charge in [-0.3, -0.25) is 43.3 Å². The number of rotatable bonds is 26. The quantitative estimate of drug-likeness (QED) is 0.0244. The molecule has 1 aromatic carbocycles. The van der Waals surface area contributed by atoms with Crippen LogP contribution in [0.5, 0.6) is 5.75 Å². The molecule has 336 valence electrons. The number of nitrogens with two attached hydrogens (primary N) is 3. The summed E-state index contributed by atoms with van der Waals surface area (Å²) < 4.78 is 0. The van der Waals surface area contributed by atoms with Gasteiger partial charge >= 0.3 is 5.97 Å². The maximum atomic E-state index is 13.7. The van der Waals surface area contributed by atoms with Crippen LogP contribution >= 0.6 is 0 Å². The maximum Gasteiger partial charge on any atom is 0.322 e. The van der Waals surface area contributed by atoms with Crippen molar-refractivity contribution in [2.24, 2.45) is 39.9 Å². The molecule has 7 amide bonds. The summed E-state index contributed by atoms with van der Waals surface area (Å²) in [4.78, 5) is 108. The number of phenolic OH excluding ortho intramolecular Hbond substituents is 1. The molecule has 0 spiro atoms. The number of carbonyl (C=O) groups is 8. The zero-order valence-electron chi connectivity index (χ0n) is 34.9. The average Bonchev–Trinajstić information content (AvgIpc) is 3.17. The molecule has 0 aliphatic heterocycles. The monoisotopic (exact) mass is 849 g/mol. The molecule has 16 N–H and O–H groups in total. The van der Waals surface area contributed by atoms with Crippen LogP contribution in [0.3, 0.4) is 0 Å². The number of carbonyl (C=O) groups excluding carboxylic acids is 7. The van der Waals surface area contributed by atoms with Gasteiger partial charge in [0.2, 0.25) is 41.4 Å². The van der Waals surface area contributed by atoms with E-state index >= 15 is 0 Å². The van der Waals surface area contributed by atoms with Crippen molar-refractivity contribution in [3.8, 4) is 5.75 Å². The molecule has 0 radical (unpaired) electrons. The molecule has 0 aromatic heterocycles. The Kier molecular flexibility index (Phi) is 22.7. The van der Waals surface area contributed by atoms with Gasteiger partial charge in [0.25, 0.3) is 0 Å². The van der Waals surface area contributed by atoms with Gasteiger partial charge in [-0.15, -0.1) is 0 Å². The van der Waals surface area contributed by atoms with Gasteiger partial charge < -0.3 is 69.7 Å². The Balaban J connectivity index is 3.23. The minimum absolute atomic E-state index is 0.0239. The summed E-state index contributed by atoms with van der Waals surface area (Å²) >= 11 is 0. The van der Waals surface area contributed by atoms with E-state index in [2.05, 4.69) is 42.2 Å². The second-order valence-corrected chi connectivity index (χ2v) is 15.3. The smallest absolute Gasteiger partial charge is 0.322 e. The van der Waals surface area contributed by atoms with E-state index in [9.17, 15) is 48.6 Å². The fraction of sp³-hybridized carbons (Fsp3) is 0.605. The van der Waals surface area contributed by atoms with E-state index < -0.39 is 115 Å². The number of nitrogens with zero attached hydrogens (tertiary/aromatic N) is 1. The Labute approximate surface area is 349 Å². The minimum atomic E-state index is -1.32. The summed E-state index contributed by atoms with van der Waals surface area (Å²) in [6.45, 7) is 8.29. The maximum absolute atomic E-state index is 13.7. The van der Waals surface area contributed by atoms with Gasteiger partial charge in [0.05, 0.1) is 13.2 Å². The first-order valence-electron chi connectivity index (χ1n) is 19.5. The normalized spacial score (nSPS) is 14.1. The Morgan fingerprint density at radius 1 is 0.667 bits per heavy atom. The summed E-state index contributed by atoms with van der Waals surface area (Å²) in [6.07, 6.45) is 0.255. The number of aliphatic hydroxyl groups excluding tert-OH is 1. The van der Waals surface area contributed by atoms with E-state index in [1.807, 2.05) is 0 Å². The van der Waals surface area contributed by atoms with Crippen molar-refractivity contribution in [1.82, 2.24) is 37.2 Å². The lowest BCUT2D eigenvalue weighted by molar-refractivity contribution is -0.138. The van der Waals surface area contributed by atoms with Crippen molar-refractivity contribution < 1.29 is 53.7 Å². The van der Waals surface area contributed by atoms with Crippen molar-refractivity contribution in [2.45, 2.75) is 103 Å². The number of aliphatic imine (C=N–C) groups is 1. The van der Waals surface area contributed by atoms with Crippen LogP contribution in [0, 0.1) is 17.8 Å². The zero-order valence-corrected chi connectivity index (χ0v) is 34.9. The molecule has 60 heavy (non-hydrogen) atoms. The first-order valence-corrected chi connectivity index (χ1v) is 19.5. The highest BCUT2D eigenvalue weighted by atomic mass is 16.4. The number of benzene rings is 1. The van der Waals surface area contributed by atoms with Gasteiger partial charge in [0.15, 0.2) is 5.96 Å². The molecule has 0 aliphatic rings. The first kappa shape index (κ1) is 52.0. The lowest BCUT2D eigenvalue weighted by Crippen LogP contribution is -2.60. The predicted molar refractivity (Wildman–Crippen MR) is 219 cm³/mol. The van der Waals surface area contributed by atoms with Crippen molar-refractivity contribution >= 4 is 53.3 Å². The van der Waals surface area contributed by atoms with Crippen LogP contribution < -0.4 is 54.4 Å². The number of hydrogen-bond acceptors (Lipinski definition) is 12. The number of nitrogens with one attached hydrogen (secondary N) is 7. The second kappa shape index (κ2) is 26.1. The van der Waals surface area contributed by atoms with Crippen LogP contribution in [0.1, 0.15) is 66.4 Å². The molecule has 22 heteroatoms. The molecule has 0 unspecified atom stereocenters. The number of carboxylic acid groups (broad SMARTS) is 1. The highest BCUT2D eigenvalue weighted by Crippen LogP contribution is 2.13. The molecule has 6 atom stereocenters. The van der Waals surface area contributed by atoms with E-state index in [1.165, 1.54) is 24.3 Å². The number of aliphatic hydroxyl groups is 1. The second-order valence-electron chi connectivity index (χ2n) is 15.3. The van der Waals surface area contributed by atoms with Gasteiger partial charge in [-0.2, -0.15) is 0 Å². The van der Waals surface area contributed by atoms with E-state index in [1.54, 1.807) is 41.5 Å². The summed E-state index contributed by atoms with van der Waals surface area (Å²) in [7, 11) is 0. The number of phenols is 1. The number of guanidine groups is 1. The number of carboxylic acids is 1. The third-order valence-corrected chi connectivity index (χ3v) is 8.81. The SMILES string of the molecule is CC(C)C[C@H](NC(=O)CNC(=O)[C@H](Cc1ccc(O)cc1)NC(=O)[C@@H](NC(=O)[C@@H](NC(=O)[C@@H](N)CO)C(C)C)C(C)C)C(=O)N[C@@H](CCCN=C(N)N)C(=O)NCC(=O)O. The number of amides is 7. The summed E-state index contributed by atoms with van der Waals surface area (Å²) in [5.74, 6) is -8.05. The van der Waals surface area contributed by atoms with Crippen LogP contribution in [0.2, 0.25) is 0 Å². The molecular weight excluding hydrogens is 786 g/mol. The minimum Gasteiger partial charge on any atom is -0.508 e. The number of aliphatic carboxylic acids is 1. The Hall–Kier alpha value is -6.03. The van der Waals surface area contributed by atoms with E-state index in [0.717, 1.165) is 0 Å². The molecule has 0 fully saturated rings. The molecule has 0 aliphatic carbocycles. The molecule has 0 bridgehead atoms. The summed E-state index contributed by atoms with van der Waals surface area (Å²) in [6, 6.07) is -1.54. The number of hydrogen-bond donors (Lipinski definition) is 13. The van der Waals surface area contributed by atoms with E-state index in [0.29, 0.717) is 5.56 Å². The third kappa shape index (κ3) is 19.6. The fourth-order valence-corrected chi connectivity index (χ4v) is 5.56. The van der Waals surface area contributed by atoms with Crippen molar-refractivity contribution in [2.75, 3.05) is 26.2 Å². The van der Waals surface area contributed by atoms with Gasteiger partial charge in [-0.1, -0.05) is 53.7 Å². The average molecular weight is 850 g/mol. The van der Waals surface area contributed by atoms with Crippen LogP contribution in [-0.4, -0.2) is 131 Å². The van der Waals surface area contributed by atoms with Crippen molar-refractivity contribution in [1.29, 1.82) is 0 Å². The predicted octanol–water partition coefficient (Wildman–Crippen LogP) is -3.59. The molecule has 1 rings (SSSR count). The summed E-state index contributed by atoms with van der Waals surface area (Å²) in [5, 5.41) is 45.5. The fourth-order valence-electron chi connectivity index (χ4n) is 5.56. The molecule has 0 saturated carbocycles. The summed E-state index contributed by atoms with van der Waals surface area (Å²) in [5.41, 5.74) is 16.8. The van der Waals surface area contributed by atoms with E-state index in [4.69, 9.17) is 22.3 Å². The lowest BCUT2D eigenvalue weighted by atomic mass is 9.98. The van der Waals surface area contributed by atoms with Gasteiger partial charge in [0.1, 0.15) is 48.5 Å². The van der Waals surface area contributed by atoms with Crippen LogP contribution in [-0.2, 0) is 44.8 Å². The largest absolute Gasteiger partial charge is 0.508 e. The van der Waals surface area contributed by atoms with Crippen molar-refractivity contribution in [3.63, 3.8) is 0 Å². The molecule has 1 aromatic rings. The Bertz CT molecular complexity index is 1650. The third-order valence-electron chi connectivity index (χ3n) is 8.81. The van der Waals surface area contributed by atoms with Crippen LogP contribution in [0.15, 0.2) is 29.3 Å². The number of aromatic hydroxyl groups is 1. The van der Waals surface area contributed by atoms with Crippen LogP contribution in [0.25, 0.3) is 0 Å². The first-order chi connectivity index (χ1) is 28.0. The lowest BCUT2D eigenvalue weighted by Gasteiger charge is -2.29. The molecule has 0 heterocycles. The topological polar surface area (TPSA) is 372 Å². The van der Waals surface area contributed by atoms with Crippen molar-refractivity contribution in [3.05, 3.63) is 29.8 Å². The van der Waals surface area contributed by atoms with Gasteiger partial charge in [-0.25, -0.2) is 0 Å². The van der Waals surface area contributed by atoms with Crippen LogP contribution in [0.4, 0.5) is 0 Å². The van der Waals surface area contributed by atoms with E-state index in [-0.39, 0.29) is 49.9 Å².